The lowest BCUT2D eigenvalue weighted by Crippen LogP contribution is -2.56. The van der Waals surface area contributed by atoms with Gasteiger partial charge in [-0.05, 0) is 20.9 Å². The van der Waals surface area contributed by atoms with Crippen molar-refractivity contribution in [1.29, 1.82) is 0 Å². The first-order chi connectivity index (χ1) is 9.78. The minimum Gasteiger partial charge on any atom is -0.464 e. The van der Waals surface area contributed by atoms with Gasteiger partial charge in [-0.1, -0.05) is 0 Å². The van der Waals surface area contributed by atoms with Gasteiger partial charge in [0, 0.05) is 25.2 Å². The zero-order chi connectivity index (χ0) is 15.8. The van der Waals surface area contributed by atoms with Crippen LogP contribution in [0.5, 0.6) is 0 Å². The number of nitrogens with zero attached hydrogens (tertiary/aromatic N) is 3. The van der Waals surface area contributed by atoms with Gasteiger partial charge in [-0.2, -0.15) is 4.31 Å². The monoisotopic (exact) mass is 333 g/mol. The second kappa shape index (κ2) is 5.99. The maximum atomic E-state index is 12.8. The van der Waals surface area contributed by atoms with Crippen LogP contribution in [0.25, 0.3) is 0 Å². The Morgan fingerprint density at radius 3 is 2.48 bits per heavy atom. The molecule has 1 aromatic heterocycles. The van der Waals surface area contributed by atoms with Gasteiger partial charge >= 0.3 is 5.97 Å². The first kappa shape index (κ1) is 16.3. The summed E-state index contributed by atoms with van der Waals surface area (Å²) >= 11 is 0.942. The van der Waals surface area contributed by atoms with Crippen molar-refractivity contribution in [2.24, 2.45) is 0 Å². The topological polar surface area (TPSA) is 79.8 Å². The van der Waals surface area contributed by atoms with E-state index in [1.165, 1.54) is 16.9 Å². The van der Waals surface area contributed by atoms with E-state index in [-0.39, 0.29) is 22.0 Å². The fraction of sp³-hybridized carbons (Fsp3) is 0.667. The zero-order valence-corrected chi connectivity index (χ0v) is 14.1. The zero-order valence-electron chi connectivity index (χ0n) is 12.4. The van der Waals surface area contributed by atoms with Gasteiger partial charge in [-0.25, -0.2) is 18.2 Å². The number of hydrogen-bond acceptors (Lipinski definition) is 7. The highest BCUT2D eigenvalue weighted by Gasteiger charge is 2.37. The Morgan fingerprint density at radius 1 is 1.38 bits per heavy atom. The third kappa shape index (κ3) is 2.96. The Hall–Kier alpha value is -1.03. The molecule has 1 aliphatic heterocycles. The number of rotatable bonds is 3. The molecule has 1 fully saturated rings. The van der Waals surface area contributed by atoms with Crippen molar-refractivity contribution >= 4 is 27.3 Å². The number of piperazine rings is 1. The van der Waals surface area contributed by atoms with Crippen LogP contribution < -0.4 is 0 Å². The van der Waals surface area contributed by atoms with Crippen LogP contribution in [0.3, 0.4) is 0 Å². The predicted molar refractivity (Wildman–Crippen MR) is 78.9 cm³/mol. The number of likely N-dealkylation sites (N-methyl/N-ethyl adjacent to an activating group) is 1. The lowest BCUT2D eigenvalue weighted by Gasteiger charge is -2.41. The van der Waals surface area contributed by atoms with E-state index in [0.29, 0.717) is 13.1 Å². The van der Waals surface area contributed by atoms with Gasteiger partial charge in [0.25, 0.3) is 10.0 Å². The Balaban J connectivity index is 2.35. The summed E-state index contributed by atoms with van der Waals surface area (Å²) in [5.41, 5.74) is 1.21. The van der Waals surface area contributed by atoms with Crippen molar-refractivity contribution in [3.63, 3.8) is 0 Å². The van der Waals surface area contributed by atoms with Gasteiger partial charge in [0.1, 0.15) is 0 Å². The molecule has 21 heavy (non-hydrogen) atoms. The standard InChI is InChI=1S/C12H19N3O4S2/c1-8-5-15(6-9(2)14(8)3)21(17,18)12-10(11(16)19-4)13-7-20-12/h7-9H,5-6H2,1-4H3. The van der Waals surface area contributed by atoms with Crippen molar-refractivity contribution < 1.29 is 17.9 Å². The minimum atomic E-state index is -3.73. The number of carbonyl (C=O) groups is 1. The van der Waals surface area contributed by atoms with Crippen molar-refractivity contribution in [1.82, 2.24) is 14.2 Å². The molecule has 0 amide bonds. The van der Waals surface area contributed by atoms with Gasteiger partial charge in [0.2, 0.25) is 0 Å². The molecule has 2 unspecified atom stereocenters. The molecule has 0 spiro atoms. The quantitative estimate of drug-likeness (QED) is 0.756. The first-order valence-corrected chi connectivity index (χ1v) is 8.85. The number of sulfonamides is 1. The molecule has 0 aliphatic carbocycles. The molecule has 2 rings (SSSR count). The SMILES string of the molecule is COC(=O)c1ncsc1S(=O)(=O)N1CC(C)N(C)C(C)C1. The predicted octanol–water partition coefficient (Wildman–Crippen LogP) is 0.643. The van der Waals surface area contributed by atoms with E-state index in [2.05, 4.69) is 14.6 Å². The van der Waals surface area contributed by atoms with Gasteiger partial charge in [0.05, 0.1) is 12.6 Å². The third-order valence-electron chi connectivity index (χ3n) is 3.81. The number of hydrogen-bond donors (Lipinski definition) is 0. The molecule has 9 heteroatoms. The molecule has 0 radical (unpaired) electrons. The highest BCUT2D eigenvalue weighted by Crippen LogP contribution is 2.27. The molecular formula is C12H19N3O4S2. The Morgan fingerprint density at radius 2 is 1.95 bits per heavy atom. The largest absolute Gasteiger partial charge is 0.464 e. The second-order valence-corrected chi connectivity index (χ2v) is 8.15. The lowest BCUT2D eigenvalue weighted by molar-refractivity contribution is 0.0590. The molecule has 2 atom stereocenters. The van der Waals surface area contributed by atoms with Crippen LogP contribution in [-0.2, 0) is 14.8 Å². The summed E-state index contributed by atoms with van der Waals surface area (Å²) in [7, 11) is -0.547. The van der Waals surface area contributed by atoms with Crippen LogP contribution in [0.1, 0.15) is 24.3 Å². The van der Waals surface area contributed by atoms with Crippen molar-refractivity contribution in [3.8, 4) is 0 Å². The molecule has 118 valence electrons. The van der Waals surface area contributed by atoms with Gasteiger partial charge in [-0.15, -0.1) is 11.3 Å². The average Bonchev–Trinajstić information content (AvgIpc) is 2.93. The van der Waals surface area contributed by atoms with Gasteiger partial charge in [-0.3, -0.25) is 4.90 Å². The second-order valence-electron chi connectivity index (χ2n) is 5.17. The Kier molecular flexibility index (Phi) is 4.66. The number of thiazole rings is 1. The molecule has 1 aromatic rings. The Bertz CT molecular complexity index is 616. The van der Waals surface area contributed by atoms with Crippen LogP contribution in [0.15, 0.2) is 9.72 Å². The Labute approximate surface area is 128 Å². The number of aromatic nitrogens is 1. The maximum absolute atomic E-state index is 12.8. The highest BCUT2D eigenvalue weighted by atomic mass is 32.2. The van der Waals surface area contributed by atoms with E-state index in [1.807, 2.05) is 20.9 Å². The molecule has 1 saturated heterocycles. The van der Waals surface area contributed by atoms with E-state index in [9.17, 15) is 13.2 Å². The summed E-state index contributed by atoms with van der Waals surface area (Å²) in [5, 5.41) is 0. The van der Waals surface area contributed by atoms with E-state index in [1.54, 1.807) is 0 Å². The lowest BCUT2D eigenvalue weighted by atomic mass is 10.1. The molecular weight excluding hydrogens is 314 g/mol. The summed E-state index contributed by atoms with van der Waals surface area (Å²) in [6, 6.07) is 0.219. The number of esters is 1. The first-order valence-electron chi connectivity index (χ1n) is 6.53. The smallest absolute Gasteiger partial charge is 0.358 e. The molecule has 7 nitrogen and oxygen atoms in total. The summed E-state index contributed by atoms with van der Waals surface area (Å²) in [6.45, 7) is 4.74. The molecule has 0 bridgehead atoms. The summed E-state index contributed by atoms with van der Waals surface area (Å²) in [4.78, 5) is 17.6. The summed E-state index contributed by atoms with van der Waals surface area (Å²) in [5.74, 6) is -0.731. The van der Waals surface area contributed by atoms with Crippen molar-refractivity contribution in [3.05, 3.63) is 11.2 Å². The minimum absolute atomic E-state index is 0.0432. The van der Waals surface area contributed by atoms with E-state index in [0.717, 1.165) is 11.3 Å². The highest BCUT2D eigenvalue weighted by molar-refractivity contribution is 7.91. The van der Waals surface area contributed by atoms with Crippen LogP contribution in [0.2, 0.25) is 0 Å². The van der Waals surface area contributed by atoms with Gasteiger partial charge < -0.3 is 4.74 Å². The van der Waals surface area contributed by atoms with Crippen LogP contribution in [0.4, 0.5) is 0 Å². The summed E-state index contributed by atoms with van der Waals surface area (Å²) in [6.07, 6.45) is 0. The molecule has 0 N–H and O–H groups in total. The van der Waals surface area contributed by atoms with Crippen molar-refractivity contribution in [2.75, 3.05) is 27.2 Å². The fourth-order valence-corrected chi connectivity index (χ4v) is 5.19. The molecule has 0 saturated carbocycles. The van der Waals surface area contributed by atoms with E-state index in [4.69, 9.17) is 0 Å². The van der Waals surface area contributed by atoms with Crippen LogP contribution in [-0.4, -0.2) is 67.9 Å². The fourth-order valence-electron chi connectivity index (χ4n) is 2.32. The number of methoxy groups -OCH3 is 1. The van der Waals surface area contributed by atoms with Gasteiger partial charge in [0.15, 0.2) is 9.90 Å². The average molecular weight is 333 g/mol. The van der Waals surface area contributed by atoms with Crippen LogP contribution >= 0.6 is 11.3 Å². The summed E-state index contributed by atoms with van der Waals surface area (Å²) < 4.78 is 31.5. The van der Waals surface area contributed by atoms with E-state index < -0.39 is 16.0 Å². The third-order valence-corrected chi connectivity index (χ3v) is 6.99. The number of carbonyl (C=O) groups excluding carboxylic acids is 1. The molecule has 0 aromatic carbocycles. The van der Waals surface area contributed by atoms with Crippen LogP contribution in [0, 0.1) is 0 Å². The van der Waals surface area contributed by atoms with E-state index >= 15 is 0 Å². The normalized spacial score (nSPS) is 25.0. The number of ether oxygens (including phenoxy) is 1. The van der Waals surface area contributed by atoms with Crippen molar-refractivity contribution in [2.45, 2.75) is 30.1 Å². The molecule has 1 aliphatic rings. The molecule has 2 heterocycles. The maximum Gasteiger partial charge on any atom is 0.358 e.